The highest BCUT2D eigenvalue weighted by Crippen LogP contribution is 2.37. The lowest BCUT2D eigenvalue weighted by atomic mass is 10.1. The number of rotatable bonds is 4. The molecule has 1 aliphatic rings. The molecule has 0 radical (unpaired) electrons. The molecule has 7 nitrogen and oxygen atoms in total. The Bertz CT molecular complexity index is 494. The summed E-state index contributed by atoms with van der Waals surface area (Å²) in [4.78, 5) is 12.7. The van der Waals surface area contributed by atoms with Gasteiger partial charge in [0.2, 0.25) is 0 Å². The van der Waals surface area contributed by atoms with Crippen molar-refractivity contribution < 1.29 is 19.5 Å². The van der Waals surface area contributed by atoms with Gasteiger partial charge in [-0.25, -0.2) is 0 Å². The normalized spacial score (nSPS) is 22.6. The Morgan fingerprint density at radius 1 is 1.55 bits per heavy atom. The molecule has 1 heterocycles. The molecule has 0 spiro atoms. The van der Waals surface area contributed by atoms with E-state index in [0.29, 0.717) is 18.8 Å². The van der Waals surface area contributed by atoms with Crippen molar-refractivity contribution in [3.05, 3.63) is 28.3 Å². The third-order valence-electron chi connectivity index (χ3n) is 3.25. The van der Waals surface area contributed by atoms with E-state index in [0.717, 1.165) is 0 Å². The summed E-state index contributed by atoms with van der Waals surface area (Å²) in [7, 11) is 1.41. The van der Waals surface area contributed by atoms with Gasteiger partial charge in [-0.3, -0.25) is 10.1 Å². The quantitative estimate of drug-likeness (QED) is 0.659. The van der Waals surface area contributed by atoms with Crippen LogP contribution in [0.2, 0.25) is 0 Å². The summed E-state index contributed by atoms with van der Waals surface area (Å²) in [5, 5.41) is 20.5. The van der Waals surface area contributed by atoms with Gasteiger partial charge < -0.3 is 19.5 Å². The Balaban J connectivity index is 2.38. The number of anilines is 1. The van der Waals surface area contributed by atoms with Gasteiger partial charge in [-0.05, 0) is 19.1 Å². The van der Waals surface area contributed by atoms with Gasteiger partial charge in [-0.1, -0.05) is 6.07 Å². The van der Waals surface area contributed by atoms with E-state index in [2.05, 4.69) is 0 Å². The van der Waals surface area contributed by atoms with Crippen LogP contribution in [0.5, 0.6) is 5.75 Å². The van der Waals surface area contributed by atoms with E-state index in [4.69, 9.17) is 9.47 Å². The third kappa shape index (κ3) is 2.83. The predicted molar refractivity (Wildman–Crippen MR) is 73.3 cm³/mol. The number of hydrogen-bond acceptors (Lipinski definition) is 6. The first-order chi connectivity index (χ1) is 9.56. The molecular weight excluding hydrogens is 264 g/mol. The van der Waals surface area contributed by atoms with Crippen LogP contribution in [0.15, 0.2) is 18.2 Å². The number of hydrogen-bond donors (Lipinski definition) is 1. The number of benzene rings is 1. The van der Waals surface area contributed by atoms with E-state index in [1.54, 1.807) is 18.2 Å². The van der Waals surface area contributed by atoms with Gasteiger partial charge in [0.15, 0.2) is 5.75 Å². The van der Waals surface area contributed by atoms with Gasteiger partial charge in [0.1, 0.15) is 5.69 Å². The fraction of sp³-hybridized carbons (Fsp3) is 0.538. The zero-order chi connectivity index (χ0) is 14.7. The largest absolute Gasteiger partial charge is 0.490 e. The fourth-order valence-corrected chi connectivity index (χ4v) is 2.46. The second-order valence-electron chi connectivity index (χ2n) is 4.74. The molecule has 110 valence electrons. The molecule has 0 aromatic heterocycles. The van der Waals surface area contributed by atoms with Crippen molar-refractivity contribution >= 4 is 11.4 Å². The maximum absolute atomic E-state index is 11.3. The molecule has 20 heavy (non-hydrogen) atoms. The molecule has 2 rings (SSSR count). The summed E-state index contributed by atoms with van der Waals surface area (Å²) >= 11 is 0. The summed E-state index contributed by atoms with van der Waals surface area (Å²) in [6.07, 6.45) is -0.448. The summed E-state index contributed by atoms with van der Waals surface area (Å²) in [6, 6.07) is 4.97. The van der Waals surface area contributed by atoms with Crippen molar-refractivity contribution in [2.24, 2.45) is 0 Å². The van der Waals surface area contributed by atoms with Gasteiger partial charge in [0.25, 0.3) is 0 Å². The highest BCUT2D eigenvalue weighted by Gasteiger charge is 2.31. The van der Waals surface area contributed by atoms with Crippen LogP contribution in [-0.4, -0.2) is 49.0 Å². The molecule has 1 fully saturated rings. The van der Waals surface area contributed by atoms with Gasteiger partial charge in [0.05, 0.1) is 30.8 Å². The Labute approximate surface area is 116 Å². The maximum Gasteiger partial charge on any atom is 0.333 e. The molecule has 2 atom stereocenters. The first kappa shape index (κ1) is 14.5. The summed E-state index contributed by atoms with van der Waals surface area (Å²) in [6.45, 7) is 2.71. The van der Waals surface area contributed by atoms with E-state index >= 15 is 0 Å². The van der Waals surface area contributed by atoms with Crippen LogP contribution in [0, 0.1) is 10.1 Å². The molecule has 0 bridgehead atoms. The van der Waals surface area contributed by atoms with Crippen LogP contribution < -0.4 is 9.64 Å². The minimum Gasteiger partial charge on any atom is -0.490 e. The van der Waals surface area contributed by atoms with Crippen molar-refractivity contribution in [3.63, 3.8) is 0 Å². The van der Waals surface area contributed by atoms with E-state index < -0.39 is 4.92 Å². The monoisotopic (exact) mass is 282 g/mol. The van der Waals surface area contributed by atoms with Crippen LogP contribution in [-0.2, 0) is 4.74 Å². The second kappa shape index (κ2) is 6.06. The van der Waals surface area contributed by atoms with E-state index in [9.17, 15) is 15.2 Å². The molecule has 1 aromatic rings. The second-order valence-corrected chi connectivity index (χ2v) is 4.74. The number of aliphatic hydroxyl groups is 1. The average molecular weight is 282 g/mol. The van der Waals surface area contributed by atoms with E-state index in [-0.39, 0.29) is 30.3 Å². The van der Waals surface area contributed by atoms with Gasteiger partial charge >= 0.3 is 5.69 Å². The molecule has 1 aromatic carbocycles. The standard InChI is InChI=1S/C13H18N2O5/c1-9-6-14(7-10(8-16)20-9)11-4-3-5-12(19-2)13(11)15(17)18/h3-5,9-10,16H,6-8H2,1-2H3. The molecule has 0 amide bonds. The van der Waals surface area contributed by atoms with Crippen molar-refractivity contribution in [1.82, 2.24) is 0 Å². The van der Waals surface area contributed by atoms with Gasteiger partial charge in [-0.2, -0.15) is 0 Å². The Morgan fingerprint density at radius 3 is 2.90 bits per heavy atom. The Morgan fingerprint density at radius 2 is 2.30 bits per heavy atom. The van der Waals surface area contributed by atoms with Crippen molar-refractivity contribution in [1.29, 1.82) is 0 Å². The zero-order valence-electron chi connectivity index (χ0n) is 11.5. The number of morpholine rings is 1. The molecule has 2 unspecified atom stereocenters. The first-order valence-electron chi connectivity index (χ1n) is 6.39. The summed E-state index contributed by atoms with van der Waals surface area (Å²) in [5.74, 6) is 0.229. The van der Waals surface area contributed by atoms with Crippen LogP contribution in [0.25, 0.3) is 0 Å². The lowest BCUT2D eigenvalue weighted by Gasteiger charge is -2.37. The molecule has 7 heteroatoms. The lowest BCUT2D eigenvalue weighted by Crippen LogP contribution is -2.48. The smallest absolute Gasteiger partial charge is 0.333 e. The molecular formula is C13H18N2O5. The van der Waals surface area contributed by atoms with Crippen LogP contribution in [0.3, 0.4) is 0 Å². The lowest BCUT2D eigenvalue weighted by molar-refractivity contribution is -0.385. The fourth-order valence-electron chi connectivity index (χ4n) is 2.46. The van der Waals surface area contributed by atoms with Crippen molar-refractivity contribution in [2.75, 3.05) is 31.7 Å². The predicted octanol–water partition coefficient (Wildman–Crippen LogP) is 1.19. The maximum atomic E-state index is 11.3. The highest BCUT2D eigenvalue weighted by molar-refractivity contribution is 5.70. The molecule has 0 aliphatic carbocycles. The number of aliphatic hydroxyl groups excluding tert-OH is 1. The van der Waals surface area contributed by atoms with E-state index in [1.165, 1.54) is 7.11 Å². The highest BCUT2D eigenvalue weighted by atomic mass is 16.6. The number of nitrogens with zero attached hydrogens (tertiary/aromatic N) is 2. The number of nitro groups is 1. The first-order valence-corrected chi connectivity index (χ1v) is 6.39. The van der Waals surface area contributed by atoms with Crippen LogP contribution in [0.4, 0.5) is 11.4 Å². The number of nitro benzene ring substituents is 1. The third-order valence-corrected chi connectivity index (χ3v) is 3.25. The minimum atomic E-state index is -0.442. The molecule has 0 saturated carbocycles. The summed E-state index contributed by atoms with van der Waals surface area (Å²) in [5.41, 5.74) is 0.434. The van der Waals surface area contributed by atoms with Crippen LogP contribution in [0.1, 0.15) is 6.92 Å². The van der Waals surface area contributed by atoms with Crippen molar-refractivity contribution in [2.45, 2.75) is 19.1 Å². The summed E-state index contributed by atoms with van der Waals surface area (Å²) < 4.78 is 10.6. The number of methoxy groups -OCH3 is 1. The molecule has 1 saturated heterocycles. The number of ether oxygens (including phenoxy) is 2. The molecule has 1 N–H and O–H groups in total. The van der Waals surface area contributed by atoms with Gasteiger partial charge in [0, 0.05) is 13.1 Å². The van der Waals surface area contributed by atoms with E-state index in [1.807, 2.05) is 11.8 Å². The van der Waals surface area contributed by atoms with Crippen LogP contribution >= 0.6 is 0 Å². The number of para-hydroxylation sites is 1. The Hall–Kier alpha value is -1.86. The van der Waals surface area contributed by atoms with Crippen molar-refractivity contribution in [3.8, 4) is 5.75 Å². The average Bonchev–Trinajstić information content (AvgIpc) is 2.45. The topological polar surface area (TPSA) is 85.1 Å². The SMILES string of the molecule is COc1cccc(N2CC(C)OC(CO)C2)c1[N+](=O)[O-]. The Kier molecular flexibility index (Phi) is 4.41. The zero-order valence-corrected chi connectivity index (χ0v) is 11.5. The minimum absolute atomic E-state index is 0.0548. The molecule has 1 aliphatic heterocycles. The van der Waals surface area contributed by atoms with Gasteiger partial charge in [-0.15, -0.1) is 0 Å².